The van der Waals surface area contributed by atoms with Crippen LogP contribution in [0.15, 0.2) is 47.5 Å². The quantitative estimate of drug-likeness (QED) is 0.278. The average Bonchev–Trinajstić information content (AvgIpc) is 2.80. The van der Waals surface area contributed by atoms with Crippen LogP contribution in [0.5, 0.6) is 11.5 Å². The molecule has 0 bridgehead atoms. The van der Waals surface area contributed by atoms with Gasteiger partial charge in [0.15, 0.2) is 17.5 Å². The first-order valence-corrected chi connectivity index (χ1v) is 10.8. The van der Waals surface area contributed by atoms with Crippen LogP contribution < -0.4 is 20.3 Å². The number of benzene rings is 2. The van der Waals surface area contributed by atoms with Crippen LogP contribution in [0.4, 0.5) is 5.69 Å². The number of piperidine rings is 1. The van der Waals surface area contributed by atoms with Gasteiger partial charge >= 0.3 is 0 Å². The Morgan fingerprint density at radius 1 is 1.28 bits per heavy atom. The van der Waals surface area contributed by atoms with Crippen molar-refractivity contribution >= 4 is 35.6 Å². The first-order chi connectivity index (χ1) is 15.2. The second kappa shape index (κ2) is 13.0. The number of anilines is 1. The summed E-state index contributed by atoms with van der Waals surface area (Å²) in [6.45, 7) is 5.12. The second-order valence-electron chi connectivity index (χ2n) is 7.54. The number of hydrogen-bond acceptors (Lipinski definition) is 5. The molecule has 1 aliphatic heterocycles. The third-order valence-corrected chi connectivity index (χ3v) is 5.43. The molecule has 0 spiro atoms. The largest absolute Gasteiger partial charge is 0.504 e. The number of rotatable bonds is 7. The van der Waals surface area contributed by atoms with Gasteiger partial charge in [-0.05, 0) is 49.9 Å². The van der Waals surface area contributed by atoms with Crippen LogP contribution in [0, 0.1) is 11.3 Å². The number of nitriles is 1. The van der Waals surface area contributed by atoms with Crippen LogP contribution in [0.25, 0.3) is 0 Å². The Labute approximate surface area is 207 Å². The van der Waals surface area contributed by atoms with E-state index < -0.39 is 0 Å². The molecule has 8 heteroatoms. The van der Waals surface area contributed by atoms with E-state index in [-0.39, 0.29) is 35.8 Å². The van der Waals surface area contributed by atoms with Crippen molar-refractivity contribution in [2.24, 2.45) is 4.99 Å². The molecule has 32 heavy (non-hydrogen) atoms. The zero-order chi connectivity index (χ0) is 22.1. The molecule has 0 saturated carbocycles. The van der Waals surface area contributed by atoms with Crippen LogP contribution in [0.3, 0.4) is 0 Å². The van der Waals surface area contributed by atoms with Gasteiger partial charge in [0.25, 0.3) is 0 Å². The highest BCUT2D eigenvalue weighted by Gasteiger charge is 2.22. The summed E-state index contributed by atoms with van der Waals surface area (Å²) in [5.74, 6) is 1.43. The molecule has 2 aromatic carbocycles. The molecule has 3 rings (SSSR count). The fourth-order valence-corrected chi connectivity index (χ4v) is 3.89. The van der Waals surface area contributed by atoms with Gasteiger partial charge in [-0.15, -0.1) is 24.0 Å². The van der Waals surface area contributed by atoms with Crippen molar-refractivity contribution in [2.75, 3.05) is 38.2 Å². The van der Waals surface area contributed by atoms with E-state index in [1.165, 1.54) is 0 Å². The molecule has 1 saturated heterocycles. The van der Waals surface area contributed by atoms with Gasteiger partial charge in [-0.3, -0.25) is 4.99 Å². The molecule has 1 fully saturated rings. The third-order valence-electron chi connectivity index (χ3n) is 5.43. The number of guanidine groups is 1. The lowest BCUT2D eigenvalue weighted by atomic mass is 10.0. The average molecular weight is 549 g/mol. The number of aromatic hydroxyl groups is 1. The van der Waals surface area contributed by atoms with Crippen LogP contribution in [-0.4, -0.2) is 50.4 Å². The normalized spacial score (nSPS) is 16.0. The maximum Gasteiger partial charge on any atom is 0.191 e. The highest BCUT2D eigenvalue weighted by Crippen LogP contribution is 2.29. The molecular formula is C24H32IN5O2. The summed E-state index contributed by atoms with van der Waals surface area (Å²) < 4.78 is 5.18. The maximum absolute atomic E-state index is 10.3. The molecule has 1 aliphatic rings. The molecule has 0 aliphatic carbocycles. The molecular weight excluding hydrogens is 517 g/mol. The summed E-state index contributed by atoms with van der Waals surface area (Å²) in [5.41, 5.74) is 2.52. The van der Waals surface area contributed by atoms with Crippen molar-refractivity contribution in [1.82, 2.24) is 10.6 Å². The molecule has 1 unspecified atom stereocenters. The van der Waals surface area contributed by atoms with Crippen molar-refractivity contribution in [3.05, 3.63) is 53.6 Å². The van der Waals surface area contributed by atoms with E-state index in [2.05, 4.69) is 21.6 Å². The number of aliphatic imine (C=N–C) groups is 1. The van der Waals surface area contributed by atoms with Crippen LogP contribution in [0.1, 0.15) is 30.9 Å². The molecule has 0 amide bonds. The molecule has 7 nitrogen and oxygen atoms in total. The SMILES string of the molecule is CCNC(=NCCc1cccc(OC)c1O)NC1CCCN(c2ccccc2C#N)C1.I. The summed E-state index contributed by atoms with van der Waals surface area (Å²) >= 11 is 0. The summed E-state index contributed by atoms with van der Waals surface area (Å²) in [7, 11) is 1.55. The van der Waals surface area contributed by atoms with E-state index in [1.54, 1.807) is 13.2 Å². The van der Waals surface area contributed by atoms with Crippen molar-refractivity contribution in [1.29, 1.82) is 5.26 Å². The van der Waals surface area contributed by atoms with Gasteiger partial charge in [-0.1, -0.05) is 24.3 Å². The van der Waals surface area contributed by atoms with E-state index in [4.69, 9.17) is 9.73 Å². The minimum atomic E-state index is 0. The Hall–Kier alpha value is -2.67. The number of phenols is 1. The molecule has 1 atom stereocenters. The minimum absolute atomic E-state index is 0. The van der Waals surface area contributed by atoms with Gasteiger partial charge in [-0.2, -0.15) is 5.26 Å². The smallest absolute Gasteiger partial charge is 0.191 e. The predicted octanol–water partition coefficient (Wildman–Crippen LogP) is 3.66. The minimum Gasteiger partial charge on any atom is -0.504 e. The summed E-state index contributed by atoms with van der Waals surface area (Å²) in [4.78, 5) is 6.98. The topological polar surface area (TPSA) is 92.9 Å². The Balaban J connectivity index is 0.00000363. The van der Waals surface area contributed by atoms with E-state index in [0.29, 0.717) is 24.3 Å². The number of para-hydroxylation sites is 2. The molecule has 3 N–H and O–H groups in total. The Bertz CT molecular complexity index is 944. The molecule has 1 heterocycles. The molecule has 0 radical (unpaired) electrons. The van der Waals surface area contributed by atoms with E-state index >= 15 is 0 Å². The number of ether oxygens (including phenoxy) is 1. The van der Waals surface area contributed by atoms with Crippen LogP contribution in [0.2, 0.25) is 0 Å². The van der Waals surface area contributed by atoms with E-state index in [0.717, 1.165) is 49.7 Å². The first-order valence-electron chi connectivity index (χ1n) is 10.8. The molecule has 0 aromatic heterocycles. The third kappa shape index (κ3) is 6.66. The number of methoxy groups -OCH3 is 1. The highest BCUT2D eigenvalue weighted by molar-refractivity contribution is 14.0. The Morgan fingerprint density at radius 2 is 2.09 bits per heavy atom. The number of hydrogen-bond donors (Lipinski definition) is 3. The Kier molecular flexibility index (Phi) is 10.4. The van der Waals surface area contributed by atoms with Crippen molar-refractivity contribution in [2.45, 2.75) is 32.2 Å². The summed E-state index contributed by atoms with van der Waals surface area (Å²) in [5, 5.41) is 26.5. The lowest BCUT2D eigenvalue weighted by Gasteiger charge is -2.35. The lowest BCUT2D eigenvalue weighted by Crippen LogP contribution is -2.51. The maximum atomic E-state index is 10.3. The van der Waals surface area contributed by atoms with Gasteiger partial charge in [0.2, 0.25) is 0 Å². The van der Waals surface area contributed by atoms with Gasteiger partial charge < -0.3 is 25.4 Å². The predicted molar refractivity (Wildman–Crippen MR) is 139 cm³/mol. The van der Waals surface area contributed by atoms with E-state index in [1.807, 2.05) is 43.3 Å². The number of halogens is 1. The van der Waals surface area contributed by atoms with Crippen molar-refractivity contribution in [3.8, 4) is 17.6 Å². The van der Waals surface area contributed by atoms with Crippen LogP contribution >= 0.6 is 24.0 Å². The van der Waals surface area contributed by atoms with Crippen LogP contribution in [-0.2, 0) is 6.42 Å². The number of phenolic OH excluding ortho intramolecular Hbond substituents is 1. The molecule has 172 valence electrons. The fourth-order valence-electron chi connectivity index (χ4n) is 3.89. The standard InChI is InChI=1S/C24H31N5O2.HI/c1-3-26-24(27-14-13-18-9-6-12-22(31-2)23(18)30)28-20-10-7-15-29(17-20)21-11-5-4-8-19(21)16-25;/h4-6,8-9,11-12,20,30H,3,7,10,13-15,17H2,1-2H3,(H2,26,27,28);1H. The van der Waals surface area contributed by atoms with Crippen molar-refractivity contribution in [3.63, 3.8) is 0 Å². The van der Waals surface area contributed by atoms with Gasteiger partial charge in [0, 0.05) is 32.2 Å². The molecule has 2 aromatic rings. The first kappa shape index (κ1) is 25.6. The zero-order valence-corrected chi connectivity index (χ0v) is 21.0. The monoisotopic (exact) mass is 549 g/mol. The fraction of sp³-hybridized carbons (Fsp3) is 0.417. The zero-order valence-electron chi connectivity index (χ0n) is 18.7. The van der Waals surface area contributed by atoms with Gasteiger partial charge in [0.1, 0.15) is 6.07 Å². The Morgan fingerprint density at radius 3 is 2.84 bits per heavy atom. The summed E-state index contributed by atoms with van der Waals surface area (Å²) in [6, 6.07) is 15.8. The lowest BCUT2D eigenvalue weighted by molar-refractivity contribution is 0.370. The second-order valence-corrected chi connectivity index (χ2v) is 7.54. The van der Waals surface area contributed by atoms with Crippen molar-refractivity contribution < 1.29 is 9.84 Å². The summed E-state index contributed by atoms with van der Waals surface area (Å²) in [6.07, 6.45) is 2.72. The van der Waals surface area contributed by atoms with Gasteiger partial charge in [-0.25, -0.2) is 0 Å². The number of nitrogens with one attached hydrogen (secondary N) is 2. The van der Waals surface area contributed by atoms with Gasteiger partial charge in [0.05, 0.1) is 18.4 Å². The highest BCUT2D eigenvalue weighted by atomic mass is 127. The number of nitrogens with zero attached hydrogens (tertiary/aromatic N) is 3. The van der Waals surface area contributed by atoms with E-state index in [9.17, 15) is 10.4 Å².